The molecule has 1 aromatic rings. The average molecular weight is 372 g/mol. The molecule has 2 heterocycles. The van der Waals surface area contributed by atoms with E-state index in [1.165, 1.54) is 11.1 Å². The topological polar surface area (TPSA) is 68.7 Å². The zero-order valence-corrected chi connectivity index (χ0v) is 17.6. The molecule has 27 heavy (non-hydrogen) atoms. The van der Waals surface area contributed by atoms with E-state index in [0.717, 1.165) is 60.0 Å². The first-order valence-corrected chi connectivity index (χ1v) is 9.88. The lowest BCUT2D eigenvalue weighted by Gasteiger charge is -2.18. The second kappa shape index (κ2) is 9.18. The highest BCUT2D eigenvalue weighted by Crippen LogP contribution is 2.30. The largest absolute Gasteiger partial charge is 0.481 e. The molecule has 0 spiro atoms. The molecule has 1 aliphatic heterocycles. The molecule has 0 amide bonds. The fourth-order valence-corrected chi connectivity index (χ4v) is 3.78. The average Bonchev–Trinajstić information content (AvgIpc) is 3.03. The predicted octanol–water partition coefficient (Wildman–Crippen LogP) is 4.51. The van der Waals surface area contributed by atoms with Crippen LogP contribution in [-0.4, -0.2) is 46.3 Å². The zero-order chi connectivity index (χ0) is 20.1. The second-order valence-corrected chi connectivity index (χ2v) is 7.27. The van der Waals surface area contributed by atoms with Gasteiger partial charge in [-0.2, -0.15) is 0 Å². The highest BCUT2D eigenvalue weighted by molar-refractivity contribution is 6.03. The van der Waals surface area contributed by atoms with Gasteiger partial charge in [-0.05, 0) is 82.0 Å². The summed E-state index contributed by atoms with van der Waals surface area (Å²) in [7, 11) is 0. The highest BCUT2D eigenvalue weighted by Gasteiger charge is 2.19. The number of aryl methyl sites for hydroxylation is 1. The monoisotopic (exact) mass is 371 g/mol. The molecule has 1 aromatic heterocycles. The number of allylic oxidation sites excluding steroid dienone is 1. The fourth-order valence-electron chi connectivity index (χ4n) is 3.78. The third-order valence-corrected chi connectivity index (χ3v) is 5.64. The Kier molecular flexibility index (Phi) is 7.19. The SMILES string of the molecule is CCN(CC)CCC1=C(C)C(=Cc2[nH]c(C)c(CCC(=O)O)c2C)N=C1C. The lowest BCUT2D eigenvalue weighted by Crippen LogP contribution is -2.24. The number of aliphatic carboxylic acids is 1. The molecule has 148 valence electrons. The molecule has 0 bridgehead atoms. The smallest absolute Gasteiger partial charge is 0.303 e. The Morgan fingerprint density at radius 2 is 1.81 bits per heavy atom. The highest BCUT2D eigenvalue weighted by atomic mass is 16.4. The summed E-state index contributed by atoms with van der Waals surface area (Å²) in [6.07, 6.45) is 3.84. The van der Waals surface area contributed by atoms with Crippen molar-refractivity contribution in [1.82, 2.24) is 9.88 Å². The minimum absolute atomic E-state index is 0.154. The van der Waals surface area contributed by atoms with Crippen molar-refractivity contribution in [2.24, 2.45) is 4.99 Å². The van der Waals surface area contributed by atoms with Crippen LogP contribution in [0.4, 0.5) is 0 Å². The molecule has 5 heteroatoms. The summed E-state index contributed by atoms with van der Waals surface area (Å²) in [5, 5.41) is 8.96. The third kappa shape index (κ3) is 4.98. The number of carbonyl (C=O) groups is 1. The number of nitrogens with one attached hydrogen (secondary N) is 1. The molecule has 5 nitrogen and oxygen atoms in total. The van der Waals surface area contributed by atoms with Crippen molar-refractivity contribution in [3.05, 3.63) is 39.4 Å². The Balaban J connectivity index is 2.24. The van der Waals surface area contributed by atoms with E-state index in [-0.39, 0.29) is 6.42 Å². The molecule has 0 atom stereocenters. The van der Waals surface area contributed by atoms with Crippen molar-refractivity contribution in [3.63, 3.8) is 0 Å². The molecule has 2 N–H and O–H groups in total. The number of aromatic nitrogens is 1. The number of hydrogen-bond acceptors (Lipinski definition) is 3. The minimum Gasteiger partial charge on any atom is -0.481 e. The normalized spacial score (nSPS) is 16.0. The van der Waals surface area contributed by atoms with Crippen molar-refractivity contribution in [3.8, 4) is 0 Å². The summed E-state index contributed by atoms with van der Waals surface area (Å²) in [6, 6.07) is 0. The third-order valence-electron chi connectivity index (χ3n) is 5.64. The summed E-state index contributed by atoms with van der Waals surface area (Å²) in [6.45, 7) is 15.9. The first-order chi connectivity index (χ1) is 12.8. The first kappa shape index (κ1) is 21.2. The summed E-state index contributed by atoms with van der Waals surface area (Å²) >= 11 is 0. The molecule has 0 saturated carbocycles. The molecular weight excluding hydrogens is 338 g/mol. The maximum atomic E-state index is 10.9. The second-order valence-electron chi connectivity index (χ2n) is 7.27. The van der Waals surface area contributed by atoms with Gasteiger partial charge >= 0.3 is 5.97 Å². The molecular formula is C22H33N3O2. The number of hydrogen-bond donors (Lipinski definition) is 2. The maximum Gasteiger partial charge on any atom is 0.303 e. The number of carboxylic acid groups (broad SMARTS) is 1. The number of H-pyrrole nitrogens is 1. The van der Waals surface area contributed by atoms with E-state index in [0.29, 0.717) is 6.42 Å². The molecule has 2 rings (SSSR count). The van der Waals surface area contributed by atoms with Gasteiger partial charge in [0.1, 0.15) is 0 Å². The van der Waals surface area contributed by atoms with Crippen molar-refractivity contribution in [2.45, 2.75) is 60.8 Å². The Bertz CT molecular complexity index is 793. The van der Waals surface area contributed by atoms with Gasteiger partial charge < -0.3 is 15.0 Å². The number of aliphatic imine (C=N–C) groups is 1. The molecule has 0 radical (unpaired) electrons. The van der Waals surface area contributed by atoms with Crippen molar-refractivity contribution in [2.75, 3.05) is 19.6 Å². The lowest BCUT2D eigenvalue weighted by molar-refractivity contribution is -0.136. The van der Waals surface area contributed by atoms with Gasteiger partial charge in [0.2, 0.25) is 0 Å². The number of aromatic amines is 1. The van der Waals surface area contributed by atoms with E-state index in [1.807, 2.05) is 6.92 Å². The van der Waals surface area contributed by atoms with Gasteiger partial charge in [-0.1, -0.05) is 13.8 Å². The van der Waals surface area contributed by atoms with E-state index in [4.69, 9.17) is 10.1 Å². The van der Waals surface area contributed by atoms with Gasteiger partial charge in [0, 0.05) is 30.1 Å². The Morgan fingerprint density at radius 3 is 2.41 bits per heavy atom. The Morgan fingerprint density at radius 1 is 1.15 bits per heavy atom. The molecule has 0 aliphatic carbocycles. The van der Waals surface area contributed by atoms with Crippen LogP contribution in [0.3, 0.4) is 0 Å². The van der Waals surface area contributed by atoms with Crippen molar-refractivity contribution < 1.29 is 9.90 Å². The number of nitrogens with zero attached hydrogens (tertiary/aromatic N) is 2. The van der Waals surface area contributed by atoms with E-state index in [1.54, 1.807) is 0 Å². The van der Waals surface area contributed by atoms with E-state index in [9.17, 15) is 4.79 Å². The minimum atomic E-state index is -0.762. The quantitative estimate of drug-likeness (QED) is 0.671. The van der Waals surface area contributed by atoms with Crippen LogP contribution in [-0.2, 0) is 11.2 Å². The summed E-state index contributed by atoms with van der Waals surface area (Å²) in [5.74, 6) is -0.762. The van der Waals surface area contributed by atoms with Crippen LogP contribution in [0.1, 0.15) is 63.1 Å². The van der Waals surface area contributed by atoms with Crippen LogP contribution in [0.2, 0.25) is 0 Å². The van der Waals surface area contributed by atoms with E-state index >= 15 is 0 Å². The molecule has 1 aliphatic rings. The Hall–Kier alpha value is -2.14. The van der Waals surface area contributed by atoms with Crippen LogP contribution in [0, 0.1) is 13.8 Å². The van der Waals surface area contributed by atoms with Crippen molar-refractivity contribution >= 4 is 17.8 Å². The molecule has 0 aromatic carbocycles. The van der Waals surface area contributed by atoms with Crippen LogP contribution < -0.4 is 0 Å². The molecule has 0 unspecified atom stereocenters. The van der Waals surface area contributed by atoms with Gasteiger partial charge in [-0.25, -0.2) is 0 Å². The van der Waals surface area contributed by atoms with Crippen LogP contribution in [0.5, 0.6) is 0 Å². The number of carboxylic acids is 1. The van der Waals surface area contributed by atoms with E-state index in [2.05, 4.69) is 50.6 Å². The predicted molar refractivity (Wildman–Crippen MR) is 112 cm³/mol. The summed E-state index contributed by atoms with van der Waals surface area (Å²) in [4.78, 5) is 21.5. The van der Waals surface area contributed by atoms with Gasteiger partial charge in [-0.15, -0.1) is 0 Å². The number of rotatable bonds is 9. The zero-order valence-electron chi connectivity index (χ0n) is 17.6. The van der Waals surface area contributed by atoms with Crippen molar-refractivity contribution in [1.29, 1.82) is 0 Å². The maximum absolute atomic E-state index is 10.9. The molecule has 0 fully saturated rings. The Labute approximate surface area is 162 Å². The van der Waals surface area contributed by atoms with E-state index < -0.39 is 5.97 Å². The van der Waals surface area contributed by atoms with Gasteiger partial charge in [-0.3, -0.25) is 9.79 Å². The van der Waals surface area contributed by atoms with Gasteiger partial charge in [0.05, 0.1) is 5.70 Å². The molecule has 0 saturated heterocycles. The summed E-state index contributed by atoms with van der Waals surface area (Å²) < 4.78 is 0. The summed E-state index contributed by atoms with van der Waals surface area (Å²) in [5.41, 5.74) is 9.02. The van der Waals surface area contributed by atoms with Crippen LogP contribution in [0.25, 0.3) is 6.08 Å². The fraction of sp³-hybridized carbons (Fsp3) is 0.545. The van der Waals surface area contributed by atoms with Crippen LogP contribution >= 0.6 is 0 Å². The van der Waals surface area contributed by atoms with Gasteiger partial charge in [0.15, 0.2) is 0 Å². The van der Waals surface area contributed by atoms with Crippen LogP contribution in [0.15, 0.2) is 21.8 Å². The first-order valence-electron chi connectivity index (χ1n) is 9.88. The standard InChI is InChI=1S/C22H33N3O2/c1-7-25(8-2)12-11-19-15(4)21(24-17(19)6)13-20-14(3)18(16(5)23-20)9-10-22(26)27/h13,23H,7-12H2,1-6H3,(H,26,27). The van der Waals surface area contributed by atoms with Gasteiger partial charge in [0.25, 0.3) is 0 Å². The lowest BCUT2D eigenvalue weighted by atomic mass is 10.0.